The number of methoxy groups -OCH3 is 1. The summed E-state index contributed by atoms with van der Waals surface area (Å²) in [6.45, 7) is 4.22. The Balaban J connectivity index is 1.70. The standard InChI is InChI=1S/C24H22N2O3S/c1-15-6-4-7-19(16(15)2)25-22-21(20-8-5-13-30-20)23(27)26(24(22)28)14-17-9-11-18(29-3)12-10-17/h4-13,25H,14H2,1-3H3. The van der Waals surface area contributed by atoms with E-state index in [4.69, 9.17) is 4.74 Å². The molecule has 30 heavy (non-hydrogen) atoms. The summed E-state index contributed by atoms with van der Waals surface area (Å²) in [5, 5.41) is 5.16. The van der Waals surface area contributed by atoms with Crippen LogP contribution in [0.15, 0.2) is 65.7 Å². The summed E-state index contributed by atoms with van der Waals surface area (Å²) < 4.78 is 5.19. The molecule has 0 bridgehead atoms. The fourth-order valence-electron chi connectivity index (χ4n) is 3.42. The zero-order valence-electron chi connectivity index (χ0n) is 17.1. The van der Waals surface area contributed by atoms with Crippen molar-refractivity contribution in [3.8, 4) is 5.75 Å². The van der Waals surface area contributed by atoms with E-state index in [1.807, 2.05) is 73.8 Å². The van der Waals surface area contributed by atoms with Crippen LogP contribution in [0.2, 0.25) is 0 Å². The van der Waals surface area contributed by atoms with Gasteiger partial charge in [-0.05, 0) is 60.2 Å². The third-order valence-corrected chi connectivity index (χ3v) is 6.19. The van der Waals surface area contributed by atoms with Crippen LogP contribution in [0.1, 0.15) is 21.6 Å². The lowest BCUT2D eigenvalue weighted by Crippen LogP contribution is -2.32. The maximum absolute atomic E-state index is 13.3. The highest BCUT2D eigenvalue weighted by Crippen LogP contribution is 2.34. The van der Waals surface area contributed by atoms with E-state index in [0.717, 1.165) is 33.0 Å². The molecule has 1 N–H and O–H groups in total. The minimum absolute atomic E-state index is 0.203. The largest absolute Gasteiger partial charge is 0.497 e. The number of benzene rings is 2. The predicted molar refractivity (Wildman–Crippen MR) is 119 cm³/mol. The van der Waals surface area contributed by atoms with Gasteiger partial charge in [-0.3, -0.25) is 14.5 Å². The lowest BCUT2D eigenvalue weighted by molar-refractivity contribution is -0.137. The normalized spacial score (nSPS) is 13.9. The molecule has 0 spiro atoms. The van der Waals surface area contributed by atoms with Crippen molar-refractivity contribution in [2.45, 2.75) is 20.4 Å². The van der Waals surface area contributed by atoms with Gasteiger partial charge in [0.05, 0.1) is 19.2 Å². The summed E-state index contributed by atoms with van der Waals surface area (Å²) in [7, 11) is 1.60. The maximum atomic E-state index is 13.3. The molecule has 0 radical (unpaired) electrons. The van der Waals surface area contributed by atoms with Crippen LogP contribution in [0, 0.1) is 13.8 Å². The molecule has 2 heterocycles. The van der Waals surface area contributed by atoms with Gasteiger partial charge in [-0.2, -0.15) is 0 Å². The van der Waals surface area contributed by atoms with Crippen molar-refractivity contribution in [1.82, 2.24) is 4.90 Å². The number of aryl methyl sites for hydroxylation is 1. The van der Waals surface area contributed by atoms with E-state index in [9.17, 15) is 9.59 Å². The first-order chi connectivity index (χ1) is 14.5. The molecule has 2 amide bonds. The van der Waals surface area contributed by atoms with Crippen LogP contribution in [-0.4, -0.2) is 23.8 Å². The molecule has 3 aromatic rings. The number of nitrogens with zero attached hydrogens (tertiary/aromatic N) is 1. The molecule has 0 fully saturated rings. The van der Waals surface area contributed by atoms with Crippen LogP contribution in [0.4, 0.5) is 5.69 Å². The third-order valence-electron chi connectivity index (χ3n) is 5.30. The first-order valence-electron chi connectivity index (χ1n) is 9.60. The number of hydrogen-bond donors (Lipinski definition) is 1. The first-order valence-corrected chi connectivity index (χ1v) is 10.5. The summed E-state index contributed by atoms with van der Waals surface area (Å²) in [6.07, 6.45) is 0. The van der Waals surface area contributed by atoms with Crippen molar-refractivity contribution in [2.24, 2.45) is 0 Å². The minimum Gasteiger partial charge on any atom is -0.497 e. The number of carbonyl (C=O) groups excluding carboxylic acids is 2. The molecule has 0 saturated heterocycles. The molecule has 5 nitrogen and oxygen atoms in total. The van der Waals surface area contributed by atoms with Gasteiger partial charge in [0.2, 0.25) is 0 Å². The topological polar surface area (TPSA) is 58.6 Å². The van der Waals surface area contributed by atoms with Gasteiger partial charge in [0.25, 0.3) is 11.8 Å². The highest BCUT2D eigenvalue weighted by molar-refractivity contribution is 7.11. The third kappa shape index (κ3) is 3.62. The molecule has 0 aliphatic carbocycles. The number of anilines is 1. The van der Waals surface area contributed by atoms with Crippen LogP contribution in [0.5, 0.6) is 5.75 Å². The molecular weight excluding hydrogens is 396 g/mol. The number of amides is 2. The molecule has 1 aliphatic rings. The Bertz CT molecular complexity index is 1130. The predicted octanol–water partition coefficient (Wildman–Crippen LogP) is 4.77. The average Bonchev–Trinajstić information content (AvgIpc) is 3.35. The smallest absolute Gasteiger partial charge is 0.278 e. The maximum Gasteiger partial charge on any atom is 0.278 e. The van der Waals surface area contributed by atoms with Gasteiger partial charge in [0.15, 0.2) is 0 Å². The second kappa shape index (κ2) is 8.16. The molecule has 152 valence electrons. The number of imide groups is 1. The lowest BCUT2D eigenvalue weighted by Gasteiger charge is -2.16. The second-order valence-electron chi connectivity index (χ2n) is 7.14. The Kier molecular flexibility index (Phi) is 5.42. The summed E-state index contributed by atoms with van der Waals surface area (Å²) in [5.41, 5.74) is 4.59. The Labute approximate surface area is 179 Å². The van der Waals surface area contributed by atoms with Gasteiger partial charge >= 0.3 is 0 Å². The van der Waals surface area contributed by atoms with Crippen molar-refractivity contribution < 1.29 is 14.3 Å². The van der Waals surface area contributed by atoms with Crippen molar-refractivity contribution in [3.63, 3.8) is 0 Å². The number of carbonyl (C=O) groups is 2. The van der Waals surface area contributed by atoms with Gasteiger partial charge < -0.3 is 10.1 Å². The number of thiophene rings is 1. The molecule has 0 saturated carbocycles. The van der Waals surface area contributed by atoms with Gasteiger partial charge in [0.1, 0.15) is 11.4 Å². The summed E-state index contributed by atoms with van der Waals surface area (Å²) in [4.78, 5) is 28.7. The molecule has 2 aromatic carbocycles. The van der Waals surface area contributed by atoms with Crippen molar-refractivity contribution in [2.75, 3.05) is 12.4 Å². The second-order valence-corrected chi connectivity index (χ2v) is 8.09. The molecule has 1 aliphatic heterocycles. The fourth-order valence-corrected chi connectivity index (χ4v) is 4.19. The van der Waals surface area contributed by atoms with Crippen molar-refractivity contribution >= 4 is 34.4 Å². The van der Waals surface area contributed by atoms with E-state index >= 15 is 0 Å². The monoisotopic (exact) mass is 418 g/mol. The molecule has 0 unspecified atom stereocenters. The van der Waals surface area contributed by atoms with Crippen LogP contribution >= 0.6 is 11.3 Å². The Morgan fingerprint density at radius 3 is 2.40 bits per heavy atom. The molecular formula is C24H22N2O3S. The average molecular weight is 419 g/mol. The Morgan fingerprint density at radius 2 is 1.73 bits per heavy atom. The van der Waals surface area contributed by atoms with Crippen molar-refractivity contribution in [1.29, 1.82) is 0 Å². The molecule has 0 atom stereocenters. The SMILES string of the molecule is COc1ccc(CN2C(=O)C(Nc3cccc(C)c3C)=C(c3cccs3)C2=O)cc1. The van der Waals surface area contributed by atoms with E-state index < -0.39 is 0 Å². The van der Waals surface area contributed by atoms with Gasteiger partial charge in [-0.15, -0.1) is 11.3 Å². The van der Waals surface area contributed by atoms with E-state index in [1.54, 1.807) is 7.11 Å². The van der Waals surface area contributed by atoms with E-state index in [0.29, 0.717) is 11.3 Å². The lowest BCUT2D eigenvalue weighted by atomic mass is 10.1. The van der Waals surface area contributed by atoms with Crippen molar-refractivity contribution in [3.05, 3.63) is 87.2 Å². The van der Waals surface area contributed by atoms with Gasteiger partial charge in [-0.1, -0.05) is 30.3 Å². The number of rotatable bonds is 6. The highest BCUT2D eigenvalue weighted by atomic mass is 32.1. The summed E-state index contributed by atoms with van der Waals surface area (Å²) in [6, 6.07) is 17.0. The molecule has 4 rings (SSSR count). The minimum atomic E-state index is -0.319. The number of nitrogens with one attached hydrogen (secondary N) is 1. The van der Waals surface area contributed by atoms with Crippen LogP contribution in [-0.2, 0) is 16.1 Å². The van der Waals surface area contributed by atoms with Crippen LogP contribution in [0.25, 0.3) is 5.57 Å². The van der Waals surface area contributed by atoms with Gasteiger partial charge in [-0.25, -0.2) is 0 Å². The molecule has 6 heteroatoms. The molecule has 1 aromatic heterocycles. The van der Waals surface area contributed by atoms with E-state index in [-0.39, 0.29) is 18.4 Å². The van der Waals surface area contributed by atoms with Crippen LogP contribution < -0.4 is 10.1 Å². The Morgan fingerprint density at radius 1 is 0.967 bits per heavy atom. The van der Waals surface area contributed by atoms with E-state index in [2.05, 4.69) is 5.32 Å². The zero-order valence-corrected chi connectivity index (χ0v) is 17.9. The number of ether oxygens (including phenoxy) is 1. The van der Waals surface area contributed by atoms with Crippen LogP contribution in [0.3, 0.4) is 0 Å². The Hall–Kier alpha value is -3.38. The summed E-state index contributed by atoms with van der Waals surface area (Å²) in [5.74, 6) is 0.124. The van der Waals surface area contributed by atoms with E-state index in [1.165, 1.54) is 16.2 Å². The first kappa shape index (κ1) is 19.9. The summed E-state index contributed by atoms with van der Waals surface area (Å²) >= 11 is 1.45. The fraction of sp³-hybridized carbons (Fsp3) is 0.167. The zero-order chi connectivity index (χ0) is 21.3. The number of hydrogen-bond acceptors (Lipinski definition) is 5. The quantitative estimate of drug-likeness (QED) is 0.586. The highest BCUT2D eigenvalue weighted by Gasteiger charge is 2.39. The van der Waals surface area contributed by atoms with Gasteiger partial charge in [0, 0.05) is 10.6 Å².